The summed E-state index contributed by atoms with van der Waals surface area (Å²) in [4.78, 5) is 16.8. The minimum atomic E-state index is -1.24. The molecule has 2 rings (SSSR count). The summed E-state index contributed by atoms with van der Waals surface area (Å²) in [7, 11) is 0. The molecule has 0 fully saturated rings. The molecule has 21 heavy (non-hydrogen) atoms. The number of nitrogens with zero attached hydrogens (tertiary/aromatic N) is 1. The Morgan fingerprint density at radius 2 is 2.19 bits per heavy atom. The van der Waals surface area contributed by atoms with Crippen molar-refractivity contribution in [3.63, 3.8) is 0 Å². The van der Waals surface area contributed by atoms with Crippen LogP contribution in [0, 0.1) is 13.8 Å². The number of rotatable bonds is 5. The number of amides is 2. The van der Waals surface area contributed by atoms with Gasteiger partial charge in [0.25, 0.3) is 0 Å². The summed E-state index contributed by atoms with van der Waals surface area (Å²) in [5.74, 6) is 1.15. The molecular weight excluding hydrogens is 290 g/mol. The van der Waals surface area contributed by atoms with Crippen LogP contribution in [0.4, 0.5) is 4.79 Å². The van der Waals surface area contributed by atoms with E-state index in [0.717, 1.165) is 15.6 Å². The van der Waals surface area contributed by atoms with Gasteiger partial charge in [-0.1, -0.05) is 0 Å². The second-order valence-corrected chi connectivity index (χ2v) is 6.39. The van der Waals surface area contributed by atoms with E-state index in [1.165, 1.54) is 11.3 Å². The van der Waals surface area contributed by atoms with Crippen LogP contribution in [-0.2, 0) is 12.1 Å². The van der Waals surface area contributed by atoms with Crippen LogP contribution in [0.25, 0.3) is 0 Å². The molecule has 1 atom stereocenters. The van der Waals surface area contributed by atoms with Gasteiger partial charge >= 0.3 is 6.03 Å². The van der Waals surface area contributed by atoms with Crippen molar-refractivity contribution >= 4 is 17.4 Å². The van der Waals surface area contributed by atoms with Gasteiger partial charge in [-0.15, -0.1) is 11.3 Å². The lowest BCUT2D eigenvalue weighted by Crippen LogP contribution is -2.43. The maximum Gasteiger partial charge on any atom is 0.315 e. The van der Waals surface area contributed by atoms with Gasteiger partial charge < -0.3 is 20.2 Å². The quantitative estimate of drug-likeness (QED) is 0.789. The third kappa shape index (κ3) is 4.30. The minimum absolute atomic E-state index is 0.0630. The highest BCUT2D eigenvalue weighted by molar-refractivity contribution is 7.11. The third-order valence-electron chi connectivity index (χ3n) is 2.96. The van der Waals surface area contributed by atoms with Crippen molar-refractivity contribution in [1.82, 2.24) is 15.6 Å². The smallest absolute Gasteiger partial charge is 0.315 e. The van der Waals surface area contributed by atoms with Crippen molar-refractivity contribution in [3.8, 4) is 0 Å². The highest BCUT2D eigenvalue weighted by atomic mass is 32.1. The monoisotopic (exact) mass is 309 g/mol. The molecule has 2 aromatic rings. The molecule has 0 saturated carbocycles. The molecule has 0 bridgehead atoms. The molecule has 3 N–H and O–H groups in total. The topological polar surface area (TPSA) is 87.4 Å². The largest absolute Gasteiger partial charge is 0.463 e. The van der Waals surface area contributed by atoms with Gasteiger partial charge in [-0.2, -0.15) is 0 Å². The van der Waals surface area contributed by atoms with Crippen molar-refractivity contribution in [1.29, 1.82) is 0 Å². The first kappa shape index (κ1) is 15.5. The molecule has 6 nitrogen and oxygen atoms in total. The molecule has 0 aliphatic rings. The van der Waals surface area contributed by atoms with Crippen molar-refractivity contribution in [2.24, 2.45) is 0 Å². The predicted molar refractivity (Wildman–Crippen MR) is 80.1 cm³/mol. The maximum atomic E-state index is 11.7. The molecule has 114 valence electrons. The number of aryl methyl sites for hydroxylation is 2. The van der Waals surface area contributed by atoms with Crippen molar-refractivity contribution in [3.05, 3.63) is 39.7 Å². The Morgan fingerprint density at radius 1 is 1.43 bits per heavy atom. The van der Waals surface area contributed by atoms with E-state index in [4.69, 9.17) is 4.42 Å². The van der Waals surface area contributed by atoms with Crippen LogP contribution < -0.4 is 10.6 Å². The minimum Gasteiger partial charge on any atom is -0.463 e. The van der Waals surface area contributed by atoms with E-state index in [1.807, 2.05) is 6.92 Å². The van der Waals surface area contributed by atoms with Gasteiger partial charge in [0.05, 0.1) is 18.1 Å². The molecule has 7 heteroatoms. The number of urea groups is 1. The average molecular weight is 309 g/mol. The summed E-state index contributed by atoms with van der Waals surface area (Å²) in [5.41, 5.74) is -1.24. The zero-order valence-corrected chi connectivity index (χ0v) is 13.1. The molecular formula is C14H19N3O3S. The number of aliphatic hydroxyl groups is 1. The molecule has 2 amide bonds. The predicted octanol–water partition coefficient (Wildman–Crippen LogP) is 2.06. The van der Waals surface area contributed by atoms with Crippen molar-refractivity contribution in [2.45, 2.75) is 32.9 Å². The normalized spacial score (nSPS) is 13.7. The van der Waals surface area contributed by atoms with Crippen LogP contribution in [0.1, 0.15) is 28.3 Å². The number of nitrogens with one attached hydrogen (secondary N) is 2. The molecule has 0 aliphatic heterocycles. The summed E-state index contributed by atoms with van der Waals surface area (Å²) in [6.07, 6.45) is 1.74. The Labute approximate surface area is 127 Å². The first-order valence-corrected chi connectivity index (χ1v) is 7.41. The second kappa shape index (κ2) is 6.28. The van der Waals surface area contributed by atoms with E-state index >= 15 is 0 Å². The van der Waals surface area contributed by atoms with Gasteiger partial charge in [0.2, 0.25) is 0 Å². The van der Waals surface area contributed by atoms with Gasteiger partial charge in [-0.25, -0.2) is 9.78 Å². The van der Waals surface area contributed by atoms with Gasteiger partial charge in [0.15, 0.2) is 0 Å². The molecule has 0 saturated heterocycles. The van der Waals surface area contributed by atoms with Crippen LogP contribution in [0.3, 0.4) is 0 Å². The highest BCUT2D eigenvalue weighted by Gasteiger charge is 2.27. The first-order chi connectivity index (χ1) is 9.87. The number of furan rings is 1. The van der Waals surface area contributed by atoms with Crippen LogP contribution in [0.15, 0.2) is 22.7 Å². The molecule has 0 spiro atoms. The van der Waals surface area contributed by atoms with Crippen molar-refractivity contribution < 1.29 is 14.3 Å². The number of hydrogen-bond donors (Lipinski definition) is 3. The van der Waals surface area contributed by atoms with Crippen LogP contribution in [-0.4, -0.2) is 22.7 Å². The van der Waals surface area contributed by atoms with E-state index in [0.29, 0.717) is 12.3 Å². The maximum absolute atomic E-state index is 11.7. The van der Waals surface area contributed by atoms with Gasteiger partial charge in [0.1, 0.15) is 17.1 Å². The Hall–Kier alpha value is -1.86. The summed E-state index contributed by atoms with van der Waals surface area (Å²) < 4.78 is 5.38. The molecule has 0 radical (unpaired) electrons. The van der Waals surface area contributed by atoms with Crippen LogP contribution in [0.5, 0.6) is 0 Å². The average Bonchev–Trinajstić information content (AvgIpc) is 3.03. The van der Waals surface area contributed by atoms with Gasteiger partial charge in [-0.05, 0) is 32.9 Å². The molecule has 2 aromatic heterocycles. The molecule has 0 unspecified atom stereocenters. The molecule has 2 heterocycles. The Balaban J connectivity index is 1.80. The van der Waals surface area contributed by atoms with E-state index < -0.39 is 5.60 Å². The number of carbonyl (C=O) groups is 1. The lowest BCUT2D eigenvalue weighted by atomic mass is 10.0. The zero-order valence-electron chi connectivity index (χ0n) is 12.3. The zero-order chi connectivity index (χ0) is 15.5. The summed E-state index contributed by atoms with van der Waals surface area (Å²) in [6, 6.07) is 3.13. The van der Waals surface area contributed by atoms with E-state index in [2.05, 4.69) is 15.6 Å². The number of thiazole rings is 1. The SMILES string of the molecule is Cc1ccc([C@@](C)(O)CNC(=O)NCc2cnc(C)s2)o1. The number of aromatic nitrogens is 1. The fourth-order valence-electron chi connectivity index (χ4n) is 1.78. The van der Waals surface area contributed by atoms with Crippen LogP contribution in [0.2, 0.25) is 0 Å². The van der Waals surface area contributed by atoms with Crippen LogP contribution >= 0.6 is 11.3 Å². The third-order valence-corrected chi connectivity index (χ3v) is 3.87. The fraction of sp³-hybridized carbons (Fsp3) is 0.429. The lowest BCUT2D eigenvalue weighted by Gasteiger charge is -2.21. The molecule has 0 aromatic carbocycles. The van der Waals surface area contributed by atoms with Crippen molar-refractivity contribution in [2.75, 3.05) is 6.54 Å². The van der Waals surface area contributed by atoms with E-state index in [-0.39, 0.29) is 12.6 Å². The summed E-state index contributed by atoms with van der Waals surface area (Å²) in [5, 5.41) is 16.6. The number of hydrogen-bond acceptors (Lipinski definition) is 5. The second-order valence-electron chi connectivity index (χ2n) is 5.07. The Kier molecular flexibility index (Phi) is 4.64. The first-order valence-electron chi connectivity index (χ1n) is 6.59. The van der Waals surface area contributed by atoms with Gasteiger partial charge in [-0.3, -0.25) is 0 Å². The fourth-order valence-corrected chi connectivity index (χ4v) is 2.52. The van der Waals surface area contributed by atoms with Gasteiger partial charge in [0, 0.05) is 11.1 Å². The standard InChI is InChI=1S/C14H19N3O3S/c1-9-4-5-12(20-9)14(3,19)8-17-13(18)16-7-11-6-15-10(2)21-11/h4-6,19H,7-8H2,1-3H3,(H2,16,17,18)/t14-/m0/s1. The van der Waals surface area contributed by atoms with E-state index in [1.54, 1.807) is 32.2 Å². The Morgan fingerprint density at radius 3 is 2.76 bits per heavy atom. The highest BCUT2D eigenvalue weighted by Crippen LogP contribution is 2.21. The number of carbonyl (C=O) groups excluding carboxylic acids is 1. The molecule has 0 aliphatic carbocycles. The summed E-state index contributed by atoms with van der Waals surface area (Å²) in [6.45, 7) is 5.79. The summed E-state index contributed by atoms with van der Waals surface area (Å²) >= 11 is 1.53. The Bertz CT molecular complexity index is 619. The lowest BCUT2D eigenvalue weighted by molar-refractivity contribution is 0.0360. The van der Waals surface area contributed by atoms with E-state index in [9.17, 15) is 9.90 Å².